The Morgan fingerprint density at radius 1 is 0.868 bits per heavy atom. The lowest BCUT2D eigenvalue weighted by Gasteiger charge is -2.37. The van der Waals surface area contributed by atoms with Crippen molar-refractivity contribution in [2.45, 2.75) is 31.0 Å². The first-order valence-corrected chi connectivity index (χ1v) is 14.3. The number of sulfonamides is 1. The Labute approximate surface area is 224 Å². The minimum Gasteiger partial charge on any atom is -0.497 e. The number of rotatable bonds is 9. The van der Waals surface area contributed by atoms with E-state index < -0.39 is 10.0 Å². The van der Waals surface area contributed by atoms with Gasteiger partial charge in [-0.1, -0.05) is 48.5 Å². The van der Waals surface area contributed by atoms with Gasteiger partial charge in [0.15, 0.2) is 0 Å². The van der Waals surface area contributed by atoms with Gasteiger partial charge in [-0.25, -0.2) is 18.4 Å². The topological polar surface area (TPSA) is 87.7 Å². The molecular formula is C29H33N5O3S. The molecule has 1 unspecified atom stereocenters. The number of para-hydroxylation sites is 1. The summed E-state index contributed by atoms with van der Waals surface area (Å²) in [6, 6.07) is 24.9. The van der Waals surface area contributed by atoms with E-state index in [0.717, 1.165) is 29.0 Å². The number of benzene rings is 3. The van der Waals surface area contributed by atoms with Crippen LogP contribution in [0.4, 0.5) is 0 Å². The largest absolute Gasteiger partial charge is 0.497 e. The van der Waals surface area contributed by atoms with Gasteiger partial charge in [0.2, 0.25) is 10.0 Å². The quantitative estimate of drug-likeness (QED) is 0.349. The highest BCUT2D eigenvalue weighted by Crippen LogP contribution is 2.26. The molecule has 2 heterocycles. The van der Waals surface area contributed by atoms with Crippen LogP contribution in [0.25, 0.3) is 10.9 Å². The molecular weight excluding hydrogens is 498 g/mol. The van der Waals surface area contributed by atoms with Crippen molar-refractivity contribution in [1.82, 2.24) is 24.5 Å². The lowest BCUT2D eigenvalue weighted by Crippen LogP contribution is -2.49. The van der Waals surface area contributed by atoms with Gasteiger partial charge in [-0.2, -0.15) is 4.31 Å². The smallest absolute Gasteiger partial charge is 0.243 e. The number of hydrogen-bond donors (Lipinski definition) is 1. The molecule has 1 N–H and O–H groups in total. The van der Waals surface area contributed by atoms with Crippen molar-refractivity contribution >= 4 is 20.9 Å². The standard InChI is InChI=1S/C29H33N5O3S/c1-22(33-16-18-34(19-17-33)38(35,36)25-14-12-24(37-2)13-15-25)29-31-27-11-7-6-10-26(27)28(32-29)21-30-20-23-8-4-3-5-9-23/h3-15,22,30H,16-21H2,1-2H3. The maximum atomic E-state index is 13.2. The summed E-state index contributed by atoms with van der Waals surface area (Å²) in [5, 5.41) is 4.56. The van der Waals surface area contributed by atoms with Crippen molar-refractivity contribution in [1.29, 1.82) is 0 Å². The number of methoxy groups -OCH3 is 1. The van der Waals surface area contributed by atoms with E-state index >= 15 is 0 Å². The number of fused-ring (bicyclic) bond motifs is 1. The molecule has 0 radical (unpaired) electrons. The predicted molar refractivity (Wildman–Crippen MR) is 148 cm³/mol. The molecule has 1 fully saturated rings. The van der Waals surface area contributed by atoms with E-state index in [9.17, 15) is 8.42 Å². The molecule has 9 heteroatoms. The van der Waals surface area contributed by atoms with Gasteiger partial charge in [0.1, 0.15) is 11.6 Å². The van der Waals surface area contributed by atoms with Crippen LogP contribution in [0.15, 0.2) is 83.8 Å². The van der Waals surface area contributed by atoms with E-state index in [4.69, 9.17) is 14.7 Å². The van der Waals surface area contributed by atoms with Gasteiger partial charge in [-0.15, -0.1) is 0 Å². The number of aromatic nitrogens is 2. The molecule has 38 heavy (non-hydrogen) atoms. The van der Waals surface area contributed by atoms with Gasteiger partial charge < -0.3 is 10.1 Å². The maximum absolute atomic E-state index is 13.2. The number of hydrogen-bond acceptors (Lipinski definition) is 7. The molecule has 0 spiro atoms. The van der Waals surface area contributed by atoms with Gasteiger partial charge in [-0.05, 0) is 42.8 Å². The number of nitrogens with zero attached hydrogens (tertiary/aromatic N) is 4. The summed E-state index contributed by atoms with van der Waals surface area (Å²) in [6.45, 7) is 5.53. The zero-order valence-corrected chi connectivity index (χ0v) is 22.6. The lowest BCUT2D eigenvalue weighted by atomic mass is 10.1. The van der Waals surface area contributed by atoms with Gasteiger partial charge in [0.25, 0.3) is 0 Å². The second-order valence-electron chi connectivity index (χ2n) is 9.43. The first kappa shape index (κ1) is 26.2. The van der Waals surface area contributed by atoms with Crippen molar-refractivity contribution < 1.29 is 13.2 Å². The Hall–Kier alpha value is -3.37. The first-order valence-electron chi connectivity index (χ1n) is 12.8. The number of piperazine rings is 1. The molecule has 0 bridgehead atoms. The van der Waals surface area contributed by atoms with Gasteiger partial charge in [-0.3, -0.25) is 4.90 Å². The van der Waals surface area contributed by atoms with Crippen LogP contribution in [0.3, 0.4) is 0 Å². The van der Waals surface area contributed by atoms with Crippen LogP contribution in [0.2, 0.25) is 0 Å². The molecule has 8 nitrogen and oxygen atoms in total. The minimum absolute atomic E-state index is 0.0432. The molecule has 1 atom stereocenters. The van der Waals surface area contributed by atoms with E-state index in [1.807, 2.05) is 36.4 Å². The molecule has 3 aromatic carbocycles. The summed E-state index contributed by atoms with van der Waals surface area (Å²) in [5.74, 6) is 1.39. The third-order valence-corrected chi connectivity index (χ3v) is 8.97. The Kier molecular flexibility index (Phi) is 7.99. The second kappa shape index (κ2) is 11.6. The Morgan fingerprint density at radius 3 is 2.26 bits per heavy atom. The van der Waals surface area contributed by atoms with Crippen molar-refractivity contribution in [3.05, 3.63) is 95.9 Å². The molecule has 1 aliphatic rings. The van der Waals surface area contributed by atoms with E-state index in [1.54, 1.807) is 35.7 Å². The fourth-order valence-corrected chi connectivity index (χ4v) is 6.22. The molecule has 4 aromatic rings. The number of ether oxygens (including phenoxy) is 1. The zero-order valence-electron chi connectivity index (χ0n) is 21.7. The highest BCUT2D eigenvalue weighted by atomic mass is 32.2. The molecule has 0 aliphatic carbocycles. The second-order valence-corrected chi connectivity index (χ2v) is 11.4. The fraction of sp³-hybridized carbons (Fsp3) is 0.310. The SMILES string of the molecule is COc1ccc(S(=O)(=O)N2CCN(C(C)c3nc(CNCc4ccccc4)c4ccccc4n3)CC2)cc1. The summed E-state index contributed by atoms with van der Waals surface area (Å²) in [7, 11) is -2.00. The Morgan fingerprint density at radius 2 is 1.55 bits per heavy atom. The highest BCUT2D eigenvalue weighted by molar-refractivity contribution is 7.89. The maximum Gasteiger partial charge on any atom is 0.243 e. The molecule has 1 aromatic heterocycles. The monoisotopic (exact) mass is 531 g/mol. The van der Waals surface area contributed by atoms with Gasteiger partial charge in [0, 0.05) is 44.7 Å². The normalized spacial score (nSPS) is 15.9. The van der Waals surface area contributed by atoms with Gasteiger partial charge in [0.05, 0.1) is 29.3 Å². The molecule has 198 valence electrons. The third kappa shape index (κ3) is 5.71. The van der Waals surface area contributed by atoms with E-state index in [1.165, 1.54) is 5.56 Å². The molecule has 1 saturated heterocycles. The van der Waals surface area contributed by atoms with E-state index in [0.29, 0.717) is 38.5 Å². The van der Waals surface area contributed by atoms with Crippen LogP contribution in [-0.4, -0.2) is 60.9 Å². The third-order valence-electron chi connectivity index (χ3n) is 7.06. The van der Waals surface area contributed by atoms with Crippen LogP contribution in [0.1, 0.15) is 30.0 Å². The summed E-state index contributed by atoms with van der Waals surface area (Å²) in [6.07, 6.45) is 0. The summed E-state index contributed by atoms with van der Waals surface area (Å²) >= 11 is 0. The van der Waals surface area contributed by atoms with Crippen molar-refractivity contribution in [2.75, 3.05) is 33.3 Å². The molecule has 0 saturated carbocycles. The Balaban J connectivity index is 1.28. The van der Waals surface area contributed by atoms with Crippen LogP contribution in [0.5, 0.6) is 5.75 Å². The Bertz CT molecular complexity index is 1470. The minimum atomic E-state index is -3.56. The predicted octanol–water partition coefficient (Wildman–Crippen LogP) is 4.00. The summed E-state index contributed by atoms with van der Waals surface area (Å²) in [4.78, 5) is 12.4. The van der Waals surface area contributed by atoms with E-state index in [2.05, 4.69) is 35.3 Å². The van der Waals surface area contributed by atoms with Crippen LogP contribution in [-0.2, 0) is 23.1 Å². The highest BCUT2D eigenvalue weighted by Gasteiger charge is 2.31. The van der Waals surface area contributed by atoms with E-state index in [-0.39, 0.29) is 10.9 Å². The van der Waals surface area contributed by atoms with Crippen LogP contribution >= 0.6 is 0 Å². The zero-order chi connectivity index (χ0) is 26.5. The molecule has 5 rings (SSSR count). The lowest BCUT2D eigenvalue weighted by molar-refractivity contribution is 0.141. The molecule has 1 aliphatic heterocycles. The van der Waals surface area contributed by atoms with Crippen molar-refractivity contribution in [3.8, 4) is 5.75 Å². The summed E-state index contributed by atoms with van der Waals surface area (Å²) < 4.78 is 33.0. The van der Waals surface area contributed by atoms with Crippen LogP contribution < -0.4 is 10.1 Å². The molecule has 0 amide bonds. The average molecular weight is 532 g/mol. The van der Waals surface area contributed by atoms with Crippen molar-refractivity contribution in [3.63, 3.8) is 0 Å². The average Bonchev–Trinajstić information content (AvgIpc) is 2.97. The van der Waals surface area contributed by atoms with Crippen molar-refractivity contribution in [2.24, 2.45) is 0 Å². The van der Waals surface area contributed by atoms with Crippen LogP contribution in [0, 0.1) is 0 Å². The van der Waals surface area contributed by atoms with Gasteiger partial charge >= 0.3 is 0 Å². The first-order chi connectivity index (χ1) is 18.5. The number of nitrogens with one attached hydrogen (secondary N) is 1. The fourth-order valence-electron chi connectivity index (χ4n) is 4.80. The summed E-state index contributed by atoms with van der Waals surface area (Å²) in [5.41, 5.74) is 3.11.